The van der Waals surface area contributed by atoms with Crippen LogP contribution in [-0.4, -0.2) is 9.78 Å². The summed E-state index contributed by atoms with van der Waals surface area (Å²) in [6.07, 6.45) is 1.25. The van der Waals surface area contributed by atoms with E-state index in [4.69, 9.17) is 0 Å². The minimum atomic E-state index is 1.17. The highest BCUT2D eigenvalue weighted by Crippen LogP contribution is 2.18. The summed E-state index contributed by atoms with van der Waals surface area (Å²) in [4.78, 5) is 0. The third-order valence-corrected chi connectivity index (χ3v) is 2.39. The van der Waals surface area contributed by atoms with Crippen molar-refractivity contribution in [1.82, 2.24) is 9.78 Å². The first-order valence-corrected chi connectivity index (χ1v) is 6.07. The Morgan fingerprint density at radius 1 is 0.882 bits per heavy atom. The van der Waals surface area contributed by atoms with Gasteiger partial charge >= 0.3 is 0 Å². The molecule has 0 aliphatic carbocycles. The van der Waals surface area contributed by atoms with Crippen LogP contribution in [0.15, 0.2) is 54.6 Å². The lowest BCUT2D eigenvalue weighted by molar-refractivity contribution is 0.870. The molecule has 2 heteroatoms. The molecule has 2 nitrogen and oxygen atoms in total. The van der Waals surface area contributed by atoms with E-state index in [-0.39, 0.29) is 0 Å². The Morgan fingerprint density at radius 2 is 1.47 bits per heavy atom. The van der Waals surface area contributed by atoms with E-state index in [0.29, 0.717) is 0 Å². The molecule has 88 valence electrons. The van der Waals surface area contributed by atoms with Crippen molar-refractivity contribution in [2.24, 2.45) is 0 Å². The van der Waals surface area contributed by atoms with Crippen molar-refractivity contribution < 1.29 is 0 Å². The molecule has 0 amide bonds. The molecule has 1 aromatic heterocycles. The molecular weight excluding hydrogens is 208 g/mol. The summed E-state index contributed by atoms with van der Waals surface area (Å²) in [6, 6.07) is 18.5. The molecule has 0 saturated carbocycles. The lowest BCUT2D eigenvalue weighted by Gasteiger charge is -2.15. The average Bonchev–Trinajstić information content (AvgIpc) is 2.33. The SMILES string of the molecule is CCC.c1ccc(-n2[nH]c3ccccc32)cc1. The second kappa shape index (κ2) is 5.39. The summed E-state index contributed by atoms with van der Waals surface area (Å²) in [5.41, 5.74) is 3.60. The van der Waals surface area contributed by atoms with Crippen molar-refractivity contribution in [3.63, 3.8) is 0 Å². The number of nitrogens with one attached hydrogen (secondary N) is 1. The molecule has 0 unspecified atom stereocenters. The maximum absolute atomic E-state index is 3.27. The molecule has 2 aromatic carbocycles. The van der Waals surface area contributed by atoms with E-state index in [1.54, 1.807) is 0 Å². The fourth-order valence-electron chi connectivity index (χ4n) is 1.67. The van der Waals surface area contributed by atoms with Crippen LogP contribution in [0.2, 0.25) is 0 Å². The van der Waals surface area contributed by atoms with Gasteiger partial charge in [0.25, 0.3) is 0 Å². The largest absolute Gasteiger partial charge is 0.292 e. The molecule has 3 rings (SSSR count). The number of para-hydroxylation sites is 3. The van der Waals surface area contributed by atoms with Gasteiger partial charge in [0, 0.05) is 0 Å². The molecule has 0 fully saturated rings. The molecule has 17 heavy (non-hydrogen) atoms. The number of aromatic amines is 1. The molecular formula is C15H18N2. The monoisotopic (exact) mass is 226 g/mol. The van der Waals surface area contributed by atoms with Crippen molar-refractivity contribution >= 4 is 11.0 Å². The Labute approximate surface area is 102 Å². The molecule has 0 saturated heterocycles. The molecule has 1 heterocycles. The number of hydrogen-bond donors (Lipinski definition) is 1. The van der Waals surface area contributed by atoms with E-state index in [1.807, 2.05) is 24.3 Å². The van der Waals surface area contributed by atoms with Crippen LogP contribution in [0, 0.1) is 0 Å². The molecule has 0 atom stereocenters. The van der Waals surface area contributed by atoms with Gasteiger partial charge in [-0.25, -0.2) is 0 Å². The predicted molar refractivity (Wildman–Crippen MR) is 73.6 cm³/mol. The highest BCUT2D eigenvalue weighted by atomic mass is 15.3. The Bertz CT molecular complexity index is 561. The van der Waals surface area contributed by atoms with Crippen LogP contribution in [-0.2, 0) is 0 Å². The predicted octanol–water partition coefficient (Wildman–Crippen LogP) is 4.37. The number of benzene rings is 2. The van der Waals surface area contributed by atoms with Crippen molar-refractivity contribution in [2.75, 3.05) is 0 Å². The molecule has 0 bridgehead atoms. The highest BCUT2D eigenvalue weighted by Gasteiger charge is 2.04. The van der Waals surface area contributed by atoms with Gasteiger partial charge in [-0.15, -0.1) is 0 Å². The van der Waals surface area contributed by atoms with Gasteiger partial charge < -0.3 is 0 Å². The Hall–Kier alpha value is -1.96. The van der Waals surface area contributed by atoms with E-state index >= 15 is 0 Å². The van der Waals surface area contributed by atoms with Crippen LogP contribution in [0.5, 0.6) is 0 Å². The lowest BCUT2D eigenvalue weighted by Crippen LogP contribution is -2.07. The average molecular weight is 226 g/mol. The number of rotatable bonds is 1. The first-order chi connectivity index (χ1) is 8.36. The molecule has 0 radical (unpaired) electrons. The molecule has 0 aliphatic heterocycles. The van der Waals surface area contributed by atoms with Gasteiger partial charge in [-0.05, 0) is 24.3 Å². The fourth-order valence-corrected chi connectivity index (χ4v) is 1.67. The smallest absolute Gasteiger partial charge is 0.0880 e. The van der Waals surface area contributed by atoms with Crippen LogP contribution in [0.25, 0.3) is 16.7 Å². The highest BCUT2D eigenvalue weighted by molar-refractivity contribution is 5.79. The van der Waals surface area contributed by atoms with Gasteiger partial charge in [0.2, 0.25) is 0 Å². The summed E-state index contributed by atoms with van der Waals surface area (Å²) in [6.45, 7) is 4.25. The van der Waals surface area contributed by atoms with E-state index in [1.165, 1.54) is 23.1 Å². The summed E-state index contributed by atoms with van der Waals surface area (Å²) in [7, 11) is 0. The van der Waals surface area contributed by atoms with E-state index in [2.05, 4.69) is 54.0 Å². The summed E-state index contributed by atoms with van der Waals surface area (Å²) < 4.78 is 2.08. The minimum Gasteiger partial charge on any atom is -0.292 e. The maximum atomic E-state index is 3.27. The van der Waals surface area contributed by atoms with E-state index in [9.17, 15) is 0 Å². The van der Waals surface area contributed by atoms with Gasteiger partial charge in [0.1, 0.15) is 0 Å². The van der Waals surface area contributed by atoms with Crippen LogP contribution >= 0.6 is 0 Å². The zero-order valence-corrected chi connectivity index (χ0v) is 10.4. The van der Waals surface area contributed by atoms with Crippen LogP contribution in [0.1, 0.15) is 20.3 Å². The number of nitrogens with zero attached hydrogens (tertiary/aromatic N) is 1. The van der Waals surface area contributed by atoms with Gasteiger partial charge in [0.15, 0.2) is 0 Å². The quantitative estimate of drug-likeness (QED) is 0.636. The first kappa shape index (κ1) is 11.5. The van der Waals surface area contributed by atoms with Gasteiger partial charge in [-0.3, -0.25) is 9.78 Å². The topological polar surface area (TPSA) is 20.7 Å². The molecule has 1 N–H and O–H groups in total. The first-order valence-electron chi connectivity index (χ1n) is 6.07. The third kappa shape index (κ3) is 2.41. The number of hydrogen-bond acceptors (Lipinski definition) is 0. The molecule has 0 spiro atoms. The van der Waals surface area contributed by atoms with Crippen LogP contribution in [0.3, 0.4) is 0 Å². The number of aromatic nitrogens is 2. The van der Waals surface area contributed by atoms with Crippen LogP contribution < -0.4 is 0 Å². The van der Waals surface area contributed by atoms with Crippen molar-refractivity contribution in [3.8, 4) is 5.69 Å². The standard InChI is InChI=1S/C12H10N2.C3H8/c1-2-6-10(7-3-1)14-12-9-5-4-8-11(12)13-14;1-3-2/h1-9,13H;3H2,1-2H3. The van der Waals surface area contributed by atoms with Crippen molar-refractivity contribution in [1.29, 1.82) is 0 Å². The van der Waals surface area contributed by atoms with Crippen molar-refractivity contribution in [3.05, 3.63) is 54.6 Å². The fraction of sp³-hybridized carbons (Fsp3) is 0.200. The Kier molecular flexibility index (Phi) is 3.66. The number of H-pyrrole nitrogens is 1. The molecule has 3 aromatic rings. The maximum Gasteiger partial charge on any atom is 0.0880 e. The second-order valence-corrected chi connectivity index (χ2v) is 4.01. The van der Waals surface area contributed by atoms with Gasteiger partial charge in [-0.2, -0.15) is 0 Å². The van der Waals surface area contributed by atoms with Gasteiger partial charge in [0.05, 0.1) is 16.7 Å². The Balaban J connectivity index is 0.000000329. The van der Waals surface area contributed by atoms with Crippen LogP contribution in [0.4, 0.5) is 0 Å². The lowest BCUT2D eigenvalue weighted by atomic mass is 10.2. The third-order valence-electron chi connectivity index (χ3n) is 2.39. The van der Waals surface area contributed by atoms with Crippen molar-refractivity contribution in [2.45, 2.75) is 20.3 Å². The van der Waals surface area contributed by atoms with E-state index in [0.717, 1.165) is 0 Å². The second-order valence-electron chi connectivity index (χ2n) is 4.01. The zero-order chi connectivity index (χ0) is 12.1. The summed E-state index contributed by atoms with van der Waals surface area (Å²) in [5.74, 6) is 0. The Morgan fingerprint density at radius 3 is 2.12 bits per heavy atom. The zero-order valence-electron chi connectivity index (χ0n) is 10.4. The van der Waals surface area contributed by atoms with E-state index < -0.39 is 0 Å². The minimum absolute atomic E-state index is 1.17. The van der Waals surface area contributed by atoms with Gasteiger partial charge in [-0.1, -0.05) is 50.6 Å². The molecule has 0 aliphatic rings. The summed E-state index contributed by atoms with van der Waals surface area (Å²) >= 11 is 0. The summed E-state index contributed by atoms with van der Waals surface area (Å²) in [5, 5.41) is 3.27. The normalized spacial score (nSPS) is 10.0. The number of fused-ring (bicyclic) bond motifs is 1.